The van der Waals surface area contributed by atoms with E-state index in [4.69, 9.17) is 5.11 Å². The molecule has 4 nitrogen and oxygen atoms in total. The van der Waals surface area contributed by atoms with Crippen LogP contribution in [0.25, 0.3) is 0 Å². The number of nitrogens with zero attached hydrogens (tertiary/aromatic N) is 3. The monoisotopic (exact) mass is 235 g/mol. The lowest BCUT2D eigenvalue weighted by Crippen LogP contribution is -2.35. The molecule has 1 aromatic heterocycles. The molecule has 17 heavy (non-hydrogen) atoms. The third-order valence-electron chi connectivity index (χ3n) is 3.48. The van der Waals surface area contributed by atoms with Crippen molar-refractivity contribution in [1.29, 1.82) is 0 Å². The molecule has 0 amide bonds. The highest BCUT2D eigenvalue weighted by Gasteiger charge is 2.20. The molecule has 0 spiro atoms. The average Bonchev–Trinajstić information content (AvgIpc) is 2.39. The highest BCUT2D eigenvalue weighted by molar-refractivity contribution is 5.31. The molecule has 1 aliphatic heterocycles. The van der Waals surface area contributed by atoms with Crippen LogP contribution >= 0.6 is 0 Å². The van der Waals surface area contributed by atoms with E-state index in [-0.39, 0.29) is 0 Å². The SMILES string of the molecule is CC(C)c1cnc(N2CCC(CO)CC2)nc1. The van der Waals surface area contributed by atoms with Crippen LogP contribution in [0.4, 0.5) is 5.95 Å². The van der Waals surface area contributed by atoms with Gasteiger partial charge in [-0.3, -0.25) is 0 Å². The Hall–Kier alpha value is -1.16. The molecule has 4 heteroatoms. The number of aromatic nitrogens is 2. The average molecular weight is 235 g/mol. The van der Waals surface area contributed by atoms with Gasteiger partial charge in [-0.05, 0) is 30.2 Å². The molecule has 1 aromatic rings. The number of aliphatic hydroxyl groups is 1. The molecule has 0 aliphatic carbocycles. The van der Waals surface area contributed by atoms with E-state index in [1.165, 1.54) is 5.56 Å². The minimum atomic E-state index is 0.307. The second-order valence-corrected chi connectivity index (χ2v) is 5.08. The minimum Gasteiger partial charge on any atom is -0.396 e. The third-order valence-corrected chi connectivity index (χ3v) is 3.48. The predicted octanol–water partition coefficient (Wildman–Crippen LogP) is 1.81. The summed E-state index contributed by atoms with van der Waals surface area (Å²) in [6, 6.07) is 0. The Morgan fingerprint density at radius 3 is 2.35 bits per heavy atom. The Labute approximate surface area is 103 Å². The molecule has 0 radical (unpaired) electrons. The Morgan fingerprint density at radius 1 is 1.29 bits per heavy atom. The Morgan fingerprint density at radius 2 is 1.88 bits per heavy atom. The van der Waals surface area contributed by atoms with Crippen molar-refractivity contribution in [3.05, 3.63) is 18.0 Å². The summed E-state index contributed by atoms with van der Waals surface area (Å²) in [5.74, 6) is 1.76. The summed E-state index contributed by atoms with van der Waals surface area (Å²) in [6.07, 6.45) is 5.91. The van der Waals surface area contributed by atoms with Crippen LogP contribution in [0.15, 0.2) is 12.4 Å². The third kappa shape index (κ3) is 2.94. The number of hydrogen-bond acceptors (Lipinski definition) is 4. The van der Waals surface area contributed by atoms with Crippen LogP contribution in [0.5, 0.6) is 0 Å². The summed E-state index contributed by atoms with van der Waals surface area (Å²) in [7, 11) is 0. The molecule has 0 saturated carbocycles. The maximum atomic E-state index is 9.10. The van der Waals surface area contributed by atoms with Gasteiger partial charge in [0.15, 0.2) is 0 Å². The highest BCUT2D eigenvalue weighted by Crippen LogP contribution is 2.20. The van der Waals surface area contributed by atoms with E-state index >= 15 is 0 Å². The van der Waals surface area contributed by atoms with E-state index in [2.05, 4.69) is 28.7 Å². The standard InChI is InChI=1S/C13H21N3O/c1-10(2)12-7-14-13(15-8-12)16-5-3-11(9-17)4-6-16/h7-8,10-11,17H,3-6,9H2,1-2H3. The predicted molar refractivity (Wildman–Crippen MR) is 68.1 cm³/mol. The molecule has 0 bridgehead atoms. The zero-order chi connectivity index (χ0) is 12.3. The van der Waals surface area contributed by atoms with Crippen LogP contribution in [-0.2, 0) is 0 Å². The summed E-state index contributed by atoms with van der Waals surface area (Å²) in [5, 5.41) is 9.10. The molecule has 2 rings (SSSR count). The molecule has 1 fully saturated rings. The molecule has 0 aromatic carbocycles. The zero-order valence-corrected chi connectivity index (χ0v) is 10.6. The van der Waals surface area contributed by atoms with Gasteiger partial charge in [0.2, 0.25) is 5.95 Å². The fourth-order valence-electron chi connectivity index (χ4n) is 2.11. The number of rotatable bonds is 3. The van der Waals surface area contributed by atoms with Crippen molar-refractivity contribution in [2.45, 2.75) is 32.6 Å². The van der Waals surface area contributed by atoms with Gasteiger partial charge in [0.25, 0.3) is 0 Å². The van der Waals surface area contributed by atoms with Crippen molar-refractivity contribution in [3.8, 4) is 0 Å². The summed E-state index contributed by atoms with van der Waals surface area (Å²) in [6.45, 7) is 6.50. The number of anilines is 1. The van der Waals surface area contributed by atoms with Crippen LogP contribution in [0.2, 0.25) is 0 Å². The van der Waals surface area contributed by atoms with Gasteiger partial charge in [-0.15, -0.1) is 0 Å². The minimum absolute atomic E-state index is 0.307. The van der Waals surface area contributed by atoms with Gasteiger partial charge in [0, 0.05) is 32.1 Å². The van der Waals surface area contributed by atoms with Crippen LogP contribution in [-0.4, -0.2) is 34.8 Å². The summed E-state index contributed by atoms with van der Waals surface area (Å²) < 4.78 is 0. The van der Waals surface area contributed by atoms with Crippen LogP contribution in [0.3, 0.4) is 0 Å². The van der Waals surface area contributed by atoms with E-state index in [9.17, 15) is 0 Å². The smallest absolute Gasteiger partial charge is 0.225 e. The van der Waals surface area contributed by atoms with Crippen molar-refractivity contribution in [3.63, 3.8) is 0 Å². The molecule has 2 heterocycles. The topological polar surface area (TPSA) is 49.2 Å². The number of aliphatic hydroxyl groups excluding tert-OH is 1. The van der Waals surface area contributed by atoms with Gasteiger partial charge in [-0.1, -0.05) is 13.8 Å². The van der Waals surface area contributed by atoms with Crippen molar-refractivity contribution in [1.82, 2.24) is 9.97 Å². The van der Waals surface area contributed by atoms with E-state index < -0.39 is 0 Å². The Bertz CT molecular complexity index is 342. The first-order valence-corrected chi connectivity index (χ1v) is 6.38. The maximum Gasteiger partial charge on any atom is 0.225 e. The first kappa shape index (κ1) is 12.3. The second kappa shape index (κ2) is 5.45. The Balaban J connectivity index is 1.99. The zero-order valence-electron chi connectivity index (χ0n) is 10.6. The van der Waals surface area contributed by atoms with E-state index in [0.29, 0.717) is 18.4 Å². The summed E-state index contributed by atoms with van der Waals surface area (Å²) in [4.78, 5) is 11.1. The number of hydrogen-bond donors (Lipinski definition) is 1. The molecule has 94 valence electrons. The first-order chi connectivity index (χ1) is 8.20. The normalized spacial score (nSPS) is 17.8. The van der Waals surface area contributed by atoms with Gasteiger partial charge in [0.1, 0.15) is 0 Å². The van der Waals surface area contributed by atoms with Gasteiger partial charge < -0.3 is 10.0 Å². The lowest BCUT2D eigenvalue weighted by atomic mass is 9.98. The fourth-order valence-corrected chi connectivity index (χ4v) is 2.11. The summed E-state index contributed by atoms with van der Waals surface area (Å²) >= 11 is 0. The maximum absolute atomic E-state index is 9.10. The molecular weight excluding hydrogens is 214 g/mol. The highest BCUT2D eigenvalue weighted by atomic mass is 16.3. The number of piperidine rings is 1. The van der Waals surface area contributed by atoms with Crippen LogP contribution in [0.1, 0.15) is 38.2 Å². The quantitative estimate of drug-likeness (QED) is 0.868. The van der Waals surface area contributed by atoms with E-state index in [1.807, 2.05) is 12.4 Å². The molecule has 0 atom stereocenters. The lowest BCUT2D eigenvalue weighted by molar-refractivity contribution is 0.202. The van der Waals surface area contributed by atoms with E-state index in [0.717, 1.165) is 31.9 Å². The molecule has 0 unspecified atom stereocenters. The first-order valence-electron chi connectivity index (χ1n) is 6.38. The molecular formula is C13H21N3O. The largest absolute Gasteiger partial charge is 0.396 e. The molecule has 1 saturated heterocycles. The van der Waals surface area contributed by atoms with Gasteiger partial charge >= 0.3 is 0 Å². The van der Waals surface area contributed by atoms with Gasteiger partial charge in [-0.2, -0.15) is 0 Å². The molecule has 1 N–H and O–H groups in total. The van der Waals surface area contributed by atoms with Crippen LogP contribution < -0.4 is 4.90 Å². The van der Waals surface area contributed by atoms with Gasteiger partial charge in [-0.25, -0.2) is 9.97 Å². The summed E-state index contributed by atoms with van der Waals surface area (Å²) in [5.41, 5.74) is 1.18. The lowest BCUT2D eigenvalue weighted by Gasteiger charge is -2.31. The van der Waals surface area contributed by atoms with E-state index in [1.54, 1.807) is 0 Å². The van der Waals surface area contributed by atoms with Crippen LogP contribution in [0, 0.1) is 5.92 Å². The van der Waals surface area contributed by atoms with Crippen molar-refractivity contribution < 1.29 is 5.11 Å². The fraction of sp³-hybridized carbons (Fsp3) is 0.692. The molecule has 1 aliphatic rings. The van der Waals surface area contributed by atoms with Crippen molar-refractivity contribution in [2.75, 3.05) is 24.6 Å². The van der Waals surface area contributed by atoms with Gasteiger partial charge in [0.05, 0.1) is 0 Å². The van der Waals surface area contributed by atoms with Crippen molar-refractivity contribution >= 4 is 5.95 Å². The van der Waals surface area contributed by atoms with Crippen molar-refractivity contribution in [2.24, 2.45) is 5.92 Å². The second-order valence-electron chi connectivity index (χ2n) is 5.08. The Kier molecular flexibility index (Phi) is 3.94.